The predicted octanol–water partition coefficient (Wildman–Crippen LogP) is 0.874. The predicted molar refractivity (Wildman–Crippen MR) is 99.5 cm³/mol. The molecule has 1 heterocycles. The highest BCUT2D eigenvalue weighted by Crippen LogP contribution is 2.32. The second-order valence-electron chi connectivity index (χ2n) is 7.32. The molecule has 1 aromatic rings. The molecule has 1 N–H and O–H groups in total. The molecule has 2 amide bonds. The van der Waals surface area contributed by atoms with Crippen molar-refractivity contribution in [3.63, 3.8) is 0 Å². The van der Waals surface area contributed by atoms with Crippen LogP contribution in [0.15, 0.2) is 24.3 Å². The van der Waals surface area contributed by atoms with Gasteiger partial charge in [0.05, 0.1) is 24.6 Å². The number of nitrogens with one attached hydrogen (secondary N) is 1. The molecule has 148 valence electrons. The maximum absolute atomic E-state index is 13.2. The van der Waals surface area contributed by atoms with Gasteiger partial charge in [0.25, 0.3) is 0 Å². The van der Waals surface area contributed by atoms with Gasteiger partial charge >= 0.3 is 0 Å². The zero-order valence-corrected chi connectivity index (χ0v) is 16.0. The highest BCUT2D eigenvalue weighted by atomic mass is 32.2. The van der Waals surface area contributed by atoms with E-state index in [0.717, 1.165) is 12.8 Å². The lowest BCUT2D eigenvalue weighted by atomic mass is 10.2. The van der Waals surface area contributed by atoms with Crippen molar-refractivity contribution >= 4 is 27.3 Å². The van der Waals surface area contributed by atoms with Gasteiger partial charge in [-0.25, -0.2) is 12.8 Å². The maximum Gasteiger partial charge on any atom is 0.238 e. The summed E-state index contributed by atoms with van der Waals surface area (Å²) in [5.41, 5.74) is 0.357. The largest absolute Gasteiger partial charge is 0.335 e. The molecule has 2 fully saturated rings. The molecule has 1 aliphatic carbocycles. The Morgan fingerprint density at radius 3 is 2.52 bits per heavy atom. The Kier molecular flexibility index (Phi) is 5.81. The molecule has 0 radical (unpaired) electrons. The number of likely N-dealkylation sites (N-methyl/N-ethyl adjacent to an activating group) is 1. The quantitative estimate of drug-likeness (QED) is 0.738. The zero-order chi connectivity index (χ0) is 19.6. The summed E-state index contributed by atoms with van der Waals surface area (Å²) in [5, 5.41) is 2.59. The van der Waals surface area contributed by atoms with Crippen LogP contribution in [0, 0.1) is 5.82 Å². The first-order valence-corrected chi connectivity index (χ1v) is 10.8. The Morgan fingerprint density at radius 2 is 1.93 bits per heavy atom. The number of benzene rings is 1. The summed E-state index contributed by atoms with van der Waals surface area (Å²) < 4.78 is 36.7. The van der Waals surface area contributed by atoms with Gasteiger partial charge in [0.1, 0.15) is 5.82 Å². The second-order valence-corrected chi connectivity index (χ2v) is 9.55. The minimum atomic E-state index is -3.07. The number of carbonyl (C=O) groups excluding carboxylic acids is 2. The van der Waals surface area contributed by atoms with Crippen molar-refractivity contribution in [1.29, 1.82) is 0 Å². The highest BCUT2D eigenvalue weighted by molar-refractivity contribution is 7.91. The fourth-order valence-electron chi connectivity index (χ4n) is 3.43. The van der Waals surface area contributed by atoms with Crippen LogP contribution in [0.2, 0.25) is 0 Å². The summed E-state index contributed by atoms with van der Waals surface area (Å²) in [6.45, 7) is 0.00729. The van der Waals surface area contributed by atoms with Gasteiger partial charge < -0.3 is 10.2 Å². The Hall–Kier alpha value is -2.00. The fraction of sp³-hybridized carbons (Fsp3) is 0.556. The van der Waals surface area contributed by atoms with Crippen molar-refractivity contribution < 1.29 is 22.4 Å². The molecule has 1 saturated carbocycles. The number of anilines is 1. The normalized spacial score (nSPS) is 21.2. The Balaban J connectivity index is 1.53. The summed E-state index contributed by atoms with van der Waals surface area (Å²) >= 11 is 0. The van der Waals surface area contributed by atoms with Crippen LogP contribution in [0.1, 0.15) is 19.3 Å². The van der Waals surface area contributed by atoms with E-state index in [1.807, 2.05) is 0 Å². The van der Waals surface area contributed by atoms with E-state index in [1.165, 1.54) is 18.2 Å². The smallest absolute Gasteiger partial charge is 0.238 e. The van der Waals surface area contributed by atoms with Crippen LogP contribution < -0.4 is 5.32 Å². The van der Waals surface area contributed by atoms with Gasteiger partial charge in [-0.3, -0.25) is 14.5 Å². The topological polar surface area (TPSA) is 86.8 Å². The molecular weight excluding hydrogens is 373 g/mol. The lowest BCUT2D eigenvalue weighted by Gasteiger charge is -2.30. The van der Waals surface area contributed by atoms with E-state index in [9.17, 15) is 22.4 Å². The van der Waals surface area contributed by atoms with Gasteiger partial charge in [-0.05, 0) is 44.5 Å². The van der Waals surface area contributed by atoms with E-state index in [0.29, 0.717) is 12.1 Å². The first kappa shape index (κ1) is 19.8. The van der Waals surface area contributed by atoms with Crippen LogP contribution in [0.5, 0.6) is 0 Å². The van der Waals surface area contributed by atoms with Gasteiger partial charge in [-0.2, -0.15) is 0 Å². The molecule has 9 heteroatoms. The van der Waals surface area contributed by atoms with Crippen molar-refractivity contribution in [2.24, 2.45) is 0 Å². The number of hydrogen-bond donors (Lipinski definition) is 1. The van der Waals surface area contributed by atoms with Crippen molar-refractivity contribution in [1.82, 2.24) is 9.80 Å². The average Bonchev–Trinajstić information content (AvgIpc) is 3.30. The van der Waals surface area contributed by atoms with Crippen molar-refractivity contribution in [2.75, 3.05) is 37.0 Å². The molecule has 2 aliphatic rings. The Bertz CT molecular complexity index is 826. The zero-order valence-electron chi connectivity index (χ0n) is 15.2. The summed E-state index contributed by atoms with van der Waals surface area (Å²) in [5.74, 6) is -0.792. The van der Waals surface area contributed by atoms with Gasteiger partial charge in [-0.15, -0.1) is 0 Å². The minimum Gasteiger partial charge on any atom is -0.335 e. The van der Waals surface area contributed by atoms with Crippen molar-refractivity contribution in [2.45, 2.75) is 31.3 Å². The number of hydrogen-bond acceptors (Lipinski definition) is 5. The van der Waals surface area contributed by atoms with E-state index in [1.54, 1.807) is 22.9 Å². The molecule has 27 heavy (non-hydrogen) atoms. The first-order chi connectivity index (χ1) is 12.7. The molecule has 0 bridgehead atoms. The molecule has 0 unspecified atom stereocenters. The van der Waals surface area contributed by atoms with Gasteiger partial charge in [-0.1, -0.05) is 6.07 Å². The maximum atomic E-state index is 13.2. The molecule has 1 atom stereocenters. The fourth-order valence-corrected chi connectivity index (χ4v) is 5.14. The molecular formula is C18H24FN3O4S. The van der Waals surface area contributed by atoms with Gasteiger partial charge in [0.2, 0.25) is 11.8 Å². The monoisotopic (exact) mass is 397 g/mol. The van der Waals surface area contributed by atoms with E-state index in [2.05, 4.69) is 5.32 Å². The van der Waals surface area contributed by atoms with Crippen LogP contribution in [0.4, 0.5) is 10.1 Å². The minimum absolute atomic E-state index is 0.0241. The number of carbonyl (C=O) groups is 2. The summed E-state index contributed by atoms with van der Waals surface area (Å²) in [6.07, 6.45) is 2.27. The lowest BCUT2D eigenvalue weighted by Crippen LogP contribution is -2.47. The molecule has 7 nitrogen and oxygen atoms in total. The third-order valence-electron chi connectivity index (χ3n) is 4.76. The third kappa shape index (κ3) is 5.49. The summed E-state index contributed by atoms with van der Waals surface area (Å²) in [4.78, 5) is 28.1. The van der Waals surface area contributed by atoms with Crippen LogP contribution in [0.25, 0.3) is 0 Å². The lowest BCUT2D eigenvalue weighted by molar-refractivity contribution is -0.134. The molecule has 1 aliphatic heterocycles. The first-order valence-electron chi connectivity index (χ1n) is 8.99. The molecule has 1 saturated heterocycles. The number of rotatable bonds is 7. The van der Waals surface area contributed by atoms with Crippen LogP contribution in [0.3, 0.4) is 0 Å². The number of sulfone groups is 1. The van der Waals surface area contributed by atoms with E-state index >= 15 is 0 Å². The number of nitrogens with zero attached hydrogens (tertiary/aromatic N) is 2. The van der Waals surface area contributed by atoms with Crippen LogP contribution in [-0.4, -0.2) is 73.8 Å². The standard InChI is InChI=1S/C18H24FN3O4S/c1-21(10-17(23)20-14-4-2-3-13(19)9-14)11-18(24)22(15-5-6-15)16-7-8-27(25,26)12-16/h2-4,9,15-16H,5-8,10-12H2,1H3,(H,20,23)/t16-/m0/s1. The molecule has 3 rings (SSSR count). The SMILES string of the molecule is CN(CC(=O)Nc1cccc(F)c1)CC(=O)N(C1CC1)[C@H]1CCS(=O)(=O)C1. The van der Waals surface area contributed by atoms with Gasteiger partial charge in [0, 0.05) is 17.8 Å². The van der Waals surface area contributed by atoms with Crippen molar-refractivity contribution in [3.8, 4) is 0 Å². The van der Waals surface area contributed by atoms with E-state index < -0.39 is 15.7 Å². The summed E-state index contributed by atoms with van der Waals surface area (Å²) in [7, 11) is -1.42. The third-order valence-corrected chi connectivity index (χ3v) is 6.51. The number of amides is 2. The van der Waals surface area contributed by atoms with E-state index in [-0.39, 0.29) is 48.5 Å². The Morgan fingerprint density at radius 1 is 1.19 bits per heavy atom. The number of halogens is 1. The molecule has 0 spiro atoms. The van der Waals surface area contributed by atoms with Crippen LogP contribution in [-0.2, 0) is 19.4 Å². The molecule has 1 aromatic carbocycles. The van der Waals surface area contributed by atoms with E-state index in [4.69, 9.17) is 0 Å². The van der Waals surface area contributed by atoms with Gasteiger partial charge in [0.15, 0.2) is 9.84 Å². The average molecular weight is 397 g/mol. The van der Waals surface area contributed by atoms with Crippen molar-refractivity contribution in [3.05, 3.63) is 30.1 Å². The highest BCUT2D eigenvalue weighted by Gasteiger charge is 2.42. The summed E-state index contributed by atoms with van der Waals surface area (Å²) in [6, 6.07) is 5.45. The molecule has 0 aromatic heterocycles. The second kappa shape index (κ2) is 7.93. The van der Waals surface area contributed by atoms with Crippen LogP contribution >= 0.6 is 0 Å². The Labute approximate surface area is 158 Å².